The highest BCUT2D eigenvalue weighted by Gasteiger charge is 2.11. The van der Waals surface area contributed by atoms with Crippen molar-refractivity contribution in [1.82, 2.24) is 14.6 Å². The minimum atomic E-state index is 0.885. The third-order valence-corrected chi connectivity index (χ3v) is 6.40. The molecule has 5 heteroatoms. The molecule has 148 valence electrons. The van der Waals surface area contributed by atoms with Gasteiger partial charge in [0, 0.05) is 36.0 Å². The molecule has 0 unspecified atom stereocenters. The van der Waals surface area contributed by atoms with Crippen molar-refractivity contribution in [3.05, 3.63) is 77.3 Å². The van der Waals surface area contributed by atoms with Crippen molar-refractivity contribution in [2.24, 2.45) is 0 Å². The Balaban J connectivity index is 1.69. The molecular weight excluding hydrogens is 382 g/mol. The van der Waals surface area contributed by atoms with Gasteiger partial charge in [0.2, 0.25) is 0 Å². The number of thioether (sulfide) groups is 1. The molecule has 1 aromatic carbocycles. The summed E-state index contributed by atoms with van der Waals surface area (Å²) in [5.74, 6) is 0.885. The Hall–Kier alpha value is -1.69. The minimum absolute atomic E-state index is 0.885. The molecule has 0 atom stereocenters. The van der Waals surface area contributed by atoms with Gasteiger partial charge < -0.3 is 4.90 Å². The van der Waals surface area contributed by atoms with E-state index in [1.807, 2.05) is 11.8 Å². The van der Waals surface area contributed by atoms with Crippen molar-refractivity contribution in [3.63, 3.8) is 0 Å². The number of thiol groups is 1. The van der Waals surface area contributed by atoms with E-state index in [2.05, 4.69) is 84.5 Å². The molecule has 3 nitrogen and oxygen atoms in total. The number of allylic oxidation sites excluding steroid dienone is 1. The van der Waals surface area contributed by atoms with Crippen LogP contribution in [0.3, 0.4) is 0 Å². The van der Waals surface area contributed by atoms with Crippen molar-refractivity contribution < 1.29 is 0 Å². The van der Waals surface area contributed by atoms with Gasteiger partial charge in [0.15, 0.2) is 0 Å². The zero-order valence-corrected chi connectivity index (χ0v) is 18.2. The molecule has 2 aromatic rings. The molecular formula is C23H29N3S2. The molecule has 1 N–H and O–H groups in total. The lowest BCUT2D eigenvalue weighted by Crippen LogP contribution is -2.26. The Morgan fingerprint density at radius 1 is 1.21 bits per heavy atom. The molecule has 28 heavy (non-hydrogen) atoms. The first-order chi connectivity index (χ1) is 13.7. The first kappa shape index (κ1) is 21.0. The topological polar surface area (TPSA) is 28.2 Å². The van der Waals surface area contributed by atoms with Crippen molar-refractivity contribution in [2.45, 2.75) is 36.8 Å². The van der Waals surface area contributed by atoms with E-state index < -0.39 is 0 Å². The number of nitrogens with one attached hydrogen (secondary N) is 1. The van der Waals surface area contributed by atoms with Crippen LogP contribution in [0.25, 0.3) is 6.08 Å². The molecule has 0 saturated heterocycles. The largest absolute Gasteiger partial charge is 0.372 e. The Morgan fingerprint density at radius 3 is 2.89 bits per heavy atom. The van der Waals surface area contributed by atoms with Gasteiger partial charge in [0.25, 0.3) is 0 Å². The monoisotopic (exact) mass is 411 g/mol. The molecule has 1 aromatic heterocycles. The summed E-state index contributed by atoms with van der Waals surface area (Å²) >= 11 is 5.92. The average Bonchev–Trinajstić information content (AvgIpc) is 2.78. The van der Waals surface area contributed by atoms with E-state index in [1.165, 1.54) is 16.0 Å². The maximum atomic E-state index is 4.95. The van der Waals surface area contributed by atoms with Crippen LogP contribution >= 0.6 is 24.6 Å². The number of nitrogens with zero attached hydrogens (tertiary/aromatic N) is 2. The van der Waals surface area contributed by atoms with Crippen molar-refractivity contribution >= 4 is 30.7 Å². The van der Waals surface area contributed by atoms with E-state index >= 15 is 0 Å². The number of pyridine rings is 1. The molecule has 0 aliphatic carbocycles. The predicted molar refractivity (Wildman–Crippen MR) is 125 cm³/mol. The summed E-state index contributed by atoms with van der Waals surface area (Å²) in [5, 5.41) is 0. The number of aromatic nitrogens is 1. The molecule has 0 spiro atoms. The summed E-state index contributed by atoms with van der Waals surface area (Å²) in [7, 11) is 0. The fourth-order valence-corrected chi connectivity index (χ4v) is 4.43. The molecule has 1 aliphatic heterocycles. The van der Waals surface area contributed by atoms with E-state index in [0.29, 0.717) is 0 Å². The summed E-state index contributed by atoms with van der Waals surface area (Å²) in [6.45, 7) is 9.36. The zero-order valence-electron chi connectivity index (χ0n) is 16.5. The fraction of sp³-hybridized carbons (Fsp3) is 0.348. The minimum Gasteiger partial charge on any atom is -0.372 e. The van der Waals surface area contributed by atoms with Crippen molar-refractivity contribution in [2.75, 3.05) is 19.6 Å². The predicted octanol–water partition coefficient (Wildman–Crippen LogP) is 5.28. The molecule has 0 radical (unpaired) electrons. The molecule has 1 aliphatic rings. The van der Waals surface area contributed by atoms with Gasteiger partial charge in [-0.1, -0.05) is 43.7 Å². The molecule has 0 bridgehead atoms. The van der Waals surface area contributed by atoms with Crippen molar-refractivity contribution in [1.29, 1.82) is 0 Å². The van der Waals surface area contributed by atoms with Crippen LogP contribution in [0.4, 0.5) is 0 Å². The van der Waals surface area contributed by atoms with E-state index in [0.717, 1.165) is 61.7 Å². The Labute approximate surface area is 178 Å². The number of benzene rings is 1. The van der Waals surface area contributed by atoms with E-state index in [9.17, 15) is 0 Å². The number of hydrogen-bond acceptors (Lipinski definition) is 5. The molecule has 0 saturated carbocycles. The number of aryl methyl sites for hydroxylation is 2. The molecule has 0 amide bonds. The molecule has 3 rings (SSSR count). The number of rotatable bonds is 7. The second-order valence-electron chi connectivity index (χ2n) is 7.08. The van der Waals surface area contributed by atoms with Crippen LogP contribution in [0.2, 0.25) is 0 Å². The summed E-state index contributed by atoms with van der Waals surface area (Å²) in [6.07, 6.45) is 7.47. The highest BCUT2D eigenvalue weighted by molar-refractivity contribution is 7.98. The van der Waals surface area contributed by atoms with Crippen molar-refractivity contribution in [3.8, 4) is 0 Å². The van der Waals surface area contributed by atoms with Gasteiger partial charge in [-0.25, -0.2) is 0 Å². The summed E-state index contributed by atoms with van der Waals surface area (Å²) in [6, 6.07) is 13.0. The van der Waals surface area contributed by atoms with Crippen LogP contribution < -0.4 is 4.72 Å². The summed E-state index contributed by atoms with van der Waals surface area (Å²) in [5.41, 5.74) is 5.92. The molecule has 0 fully saturated rings. The number of fused-ring (bicyclic) bond motifs is 1. The van der Waals surface area contributed by atoms with Crippen LogP contribution in [0.1, 0.15) is 35.4 Å². The van der Waals surface area contributed by atoms with Gasteiger partial charge in [0.1, 0.15) is 0 Å². The van der Waals surface area contributed by atoms with Crippen LogP contribution in [-0.2, 0) is 12.2 Å². The van der Waals surface area contributed by atoms with Gasteiger partial charge in [-0.15, -0.1) is 11.8 Å². The smallest absolute Gasteiger partial charge is 0.0666 e. The molecule has 2 heterocycles. The Morgan fingerprint density at radius 2 is 2.07 bits per heavy atom. The van der Waals surface area contributed by atoms with Crippen LogP contribution in [0.5, 0.6) is 0 Å². The van der Waals surface area contributed by atoms with Crippen LogP contribution in [0, 0.1) is 6.92 Å². The van der Waals surface area contributed by atoms with E-state index in [4.69, 9.17) is 4.98 Å². The Kier molecular flexibility index (Phi) is 8.07. The van der Waals surface area contributed by atoms with Gasteiger partial charge >= 0.3 is 0 Å². The summed E-state index contributed by atoms with van der Waals surface area (Å²) < 4.78 is 2.92. The van der Waals surface area contributed by atoms with Gasteiger partial charge in [-0.3, -0.25) is 9.71 Å². The van der Waals surface area contributed by atoms with E-state index in [-0.39, 0.29) is 0 Å². The van der Waals surface area contributed by atoms with Gasteiger partial charge in [-0.05, 0) is 61.6 Å². The average molecular weight is 412 g/mol. The lowest BCUT2D eigenvalue weighted by molar-refractivity contribution is 0.346. The third-order valence-electron chi connectivity index (χ3n) is 4.97. The second-order valence-corrected chi connectivity index (χ2v) is 8.41. The first-order valence-electron chi connectivity index (χ1n) is 9.83. The third kappa shape index (κ3) is 5.90. The van der Waals surface area contributed by atoms with Gasteiger partial charge in [-0.2, -0.15) is 0 Å². The quantitative estimate of drug-likeness (QED) is 0.368. The highest BCUT2D eigenvalue weighted by Crippen LogP contribution is 2.26. The maximum absolute atomic E-state index is 4.95. The van der Waals surface area contributed by atoms with Gasteiger partial charge in [0.05, 0.1) is 11.4 Å². The number of hydrogen-bond donors (Lipinski definition) is 2. The maximum Gasteiger partial charge on any atom is 0.0666 e. The lowest BCUT2D eigenvalue weighted by atomic mass is 10.1. The first-order valence-corrected chi connectivity index (χ1v) is 11.3. The van der Waals surface area contributed by atoms with Crippen LogP contribution in [0.15, 0.2) is 59.6 Å². The lowest BCUT2D eigenvalue weighted by Gasteiger charge is -2.24. The van der Waals surface area contributed by atoms with E-state index in [1.54, 1.807) is 0 Å². The summed E-state index contributed by atoms with van der Waals surface area (Å²) in [4.78, 5) is 8.63. The highest BCUT2D eigenvalue weighted by atomic mass is 32.2. The standard InChI is InChI=1S/C23H29N3S2/c1-18-7-3-4-9-23(18)28-17-21-12-11-20-8-5-15-26(16-6-14-24-27)19(2)10-13-22(20)25-21/h3-4,7,9-13,24,27H,2,5-6,8,14-17H2,1H3/b13-10+. The fourth-order valence-electron chi connectivity index (χ4n) is 3.34. The Bertz CT molecular complexity index is 832. The normalized spacial score (nSPS) is 15.5. The SMILES string of the molecule is C=C1/C=C/c2nc(CSc3ccccc3C)ccc2CCCN1CCCNS. The second kappa shape index (κ2) is 10.7. The zero-order chi connectivity index (χ0) is 19.8. The van der Waals surface area contributed by atoms with Crippen LogP contribution in [-0.4, -0.2) is 29.5 Å².